The van der Waals surface area contributed by atoms with E-state index in [1.165, 1.54) is 5.56 Å². The van der Waals surface area contributed by atoms with Gasteiger partial charge in [-0.25, -0.2) is 0 Å². The standard InChI is InChI=1S/C18H21NO3/c1-13(20)11-19-16(9-14-5-3-2-4-6-14)15-7-8-17-18(10-15)22-12-21-17/h2-8,10,13,16,19-20H,9,11-12H2,1H3/t13-,16-/m1/s1. The predicted molar refractivity (Wildman–Crippen MR) is 85.1 cm³/mol. The lowest BCUT2D eigenvalue weighted by molar-refractivity contribution is 0.174. The number of benzene rings is 2. The minimum absolute atomic E-state index is 0.117. The lowest BCUT2D eigenvalue weighted by atomic mass is 9.98. The minimum Gasteiger partial charge on any atom is -0.454 e. The molecule has 0 radical (unpaired) electrons. The van der Waals surface area contributed by atoms with E-state index in [1.54, 1.807) is 6.92 Å². The normalized spacial score (nSPS) is 15.5. The maximum atomic E-state index is 9.56. The molecule has 116 valence electrons. The molecule has 0 amide bonds. The number of fused-ring (bicyclic) bond motifs is 1. The van der Waals surface area contributed by atoms with E-state index < -0.39 is 0 Å². The second-order valence-electron chi connectivity index (χ2n) is 5.61. The lowest BCUT2D eigenvalue weighted by Crippen LogP contribution is -2.30. The highest BCUT2D eigenvalue weighted by atomic mass is 16.7. The van der Waals surface area contributed by atoms with Gasteiger partial charge in [-0.05, 0) is 36.6 Å². The van der Waals surface area contributed by atoms with Crippen molar-refractivity contribution in [3.05, 3.63) is 59.7 Å². The molecule has 2 aromatic carbocycles. The van der Waals surface area contributed by atoms with Gasteiger partial charge < -0.3 is 19.9 Å². The van der Waals surface area contributed by atoms with Crippen LogP contribution in [-0.4, -0.2) is 24.5 Å². The molecule has 4 nitrogen and oxygen atoms in total. The highest BCUT2D eigenvalue weighted by Crippen LogP contribution is 2.34. The van der Waals surface area contributed by atoms with Crippen molar-refractivity contribution in [2.75, 3.05) is 13.3 Å². The van der Waals surface area contributed by atoms with Gasteiger partial charge in [0.05, 0.1) is 6.10 Å². The van der Waals surface area contributed by atoms with E-state index in [9.17, 15) is 5.11 Å². The predicted octanol–water partition coefficient (Wildman–Crippen LogP) is 2.67. The van der Waals surface area contributed by atoms with Crippen molar-refractivity contribution >= 4 is 0 Å². The fraction of sp³-hybridized carbons (Fsp3) is 0.333. The smallest absolute Gasteiger partial charge is 0.231 e. The summed E-state index contributed by atoms with van der Waals surface area (Å²) < 4.78 is 10.8. The molecule has 0 spiro atoms. The molecule has 0 saturated heterocycles. The van der Waals surface area contributed by atoms with Crippen LogP contribution in [0.3, 0.4) is 0 Å². The molecule has 0 aromatic heterocycles. The maximum Gasteiger partial charge on any atom is 0.231 e. The van der Waals surface area contributed by atoms with Crippen molar-refractivity contribution < 1.29 is 14.6 Å². The van der Waals surface area contributed by atoms with Gasteiger partial charge in [0, 0.05) is 12.6 Å². The molecule has 0 saturated carbocycles. The Labute approximate surface area is 130 Å². The summed E-state index contributed by atoms with van der Waals surface area (Å²) in [5, 5.41) is 13.0. The number of nitrogens with one attached hydrogen (secondary N) is 1. The monoisotopic (exact) mass is 299 g/mol. The first kappa shape index (κ1) is 14.9. The van der Waals surface area contributed by atoms with Crippen LogP contribution in [0.4, 0.5) is 0 Å². The van der Waals surface area contributed by atoms with Gasteiger partial charge in [0.1, 0.15) is 0 Å². The first-order valence-electron chi connectivity index (χ1n) is 7.57. The molecule has 1 aliphatic rings. The average Bonchev–Trinajstić information content (AvgIpc) is 2.99. The van der Waals surface area contributed by atoms with E-state index in [4.69, 9.17) is 9.47 Å². The van der Waals surface area contributed by atoms with Crippen LogP contribution in [0.25, 0.3) is 0 Å². The zero-order chi connectivity index (χ0) is 15.4. The van der Waals surface area contributed by atoms with Crippen LogP contribution in [0.5, 0.6) is 11.5 Å². The van der Waals surface area contributed by atoms with Gasteiger partial charge in [-0.1, -0.05) is 36.4 Å². The zero-order valence-electron chi connectivity index (χ0n) is 12.7. The second kappa shape index (κ2) is 6.81. The van der Waals surface area contributed by atoms with Crippen molar-refractivity contribution in [1.82, 2.24) is 5.32 Å². The summed E-state index contributed by atoms with van der Waals surface area (Å²) in [4.78, 5) is 0. The highest BCUT2D eigenvalue weighted by Gasteiger charge is 2.18. The molecule has 0 unspecified atom stereocenters. The number of rotatable bonds is 6. The van der Waals surface area contributed by atoms with E-state index in [0.29, 0.717) is 6.54 Å². The molecule has 2 N–H and O–H groups in total. The molecule has 3 rings (SSSR count). The summed E-state index contributed by atoms with van der Waals surface area (Å²) in [6.07, 6.45) is 0.472. The number of aliphatic hydroxyl groups is 1. The van der Waals surface area contributed by atoms with Gasteiger partial charge in [-0.2, -0.15) is 0 Å². The van der Waals surface area contributed by atoms with Crippen LogP contribution in [-0.2, 0) is 6.42 Å². The van der Waals surface area contributed by atoms with Crippen molar-refractivity contribution in [1.29, 1.82) is 0 Å². The van der Waals surface area contributed by atoms with Gasteiger partial charge in [-0.3, -0.25) is 0 Å². The van der Waals surface area contributed by atoms with E-state index in [0.717, 1.165) is 23.5 Å². The van der Waals surface area contributed by atoms with Crippen LogP contribution >= 0.6 is 0 Å². The molecule has 2 atom stereocenters. The van der Waals surface area contributed by atoms with Crippen molar-refractivity contribution in [2.45, 2.75) is 25.5 Å². The first-order valence-corrected chi connectivity index (χ1v) is 7.57. The number of hydrogen-bond donors (Lipinski definition) is 2. The fourth-order valence-electron chi connectivity index (χ4n) is 2.60. The largest absolute Gasteiger partial charge is 0.454 e. The second-order valence-corrected chi connectivity index (χ2v) is 5.61. The fourth-order valence-corrected chi connectivity index (χ4v) is 2.60. The SMILES string of the molecule is C[C@@H](O)CN[C@H](Cc1ccccc1)c1ccc2c(c1)OCO2. The first-order chi connectivity index (χ1) is 10.7. The quantitative estimate of drug-likeness (QED) is 0.861. The molecule has 2 aromatic rings. The van der Waals surface area contributed by atoms with Gasteiger partial charge in [0.2, 0.25) is 6.79 Å². The van der Waals surface area contributed by atoms with Crippen LogP contribution in [0.15, 0.2) is 48.5 Å². The lowest BCUT2D eigenvalue weighted by Gasteiger charge is -2.21. The third-order valence-corrected chi connectivity index (χ3v) is 3.74. The summed E-state index contributed by atoms with van der Waals surface area (Å²) in [5.41, 5.74) is 2.39. The number of aliphatic hydroxyl groups excluding tert-OH is 1. The highest BCUT2D eigenvalue weighted by molar-refractivity contribution is 5.45. The molecule has 1 heterocycles. The number of ether oxygens (including phenoxy) is 2. The summed E-state index contributed by atoms with van der Waals surface area (Å²) in [6, 6.07) is 16.5. The Bertz CT molecular complexity index is 613. The topological polar surface area (TPSA) is 50.7 Å². The van der Waals surface area contributed by atoms with Crippen LogP contribution in [0.1, 0.15) is 24.1 Å². The van der Waals surface area contributed by atoms with E-state index in [-0.39, 0.29) is 18.9 Å². The van der Waals surface area contributed by atoms with Crippen LogP contribution in [0.2, 0.25) is 0 Å². The summed E-state index contributed by atoms with van der Waals surface area (Å²) >= 11 is 0. The molecule has 4 heteroatoms. The Hall–Kier alpha value is -2.04. The molecule has 0 aliphatic carbocycles. The Morgan fingerprint density at radius 2 is 1.86 bits per heavy atom. The van der Waals surface area contributed by atoms with E-state index in [2.05, 4.69) is 23.5 Å². The molecular weight excluding hydrogens is 278 g/mol. The zero-order valence-corrected chi connectivity index (χ0v) is 12.7. The molecule has 0 fully saturated rings. The Balaban J connectivity index is 1.81. The molecule has 22 heavy (non-hydrogen) atoms. The molecular formula is C18H21NO3. The van der Waals surface area contributed by atoms with Crippen LogP contribution < -0.4 is 14.8 Å². The third-order valence-electron chi connectivity index (χ3n) is 3.74. The molecule has 1 aliphatic heterocycles. The third kappa shape index (κ3) is 3.59. The molecule has 0 bridgehead atoms. The van der Waals surface area contributed by atoms with E-state index >= 15 is 0 Å². The van der Waals surface area contributed by atoms with Gasteiger partial charge in [-0.15, -0.1) is 0 Å². The van der Waals surface area contributed by atoms with Crippen molar-refractivity contribution in [2.24, 2.45) is 0 Å². The maximum absolute atomic E-state index is 9.56. The van der Waals surface area contributed by atoms with Crippen molar-refractivity contribution in [3.8, 4) is 11.5 Å². The summed E-state index contributed by atoms with van der Waals surface area (Å²) in [5.74, 6) is 1.58. The Morgan fingerprint density at radius 3 is 2.64 bits per heavy atom. The summed E-state index contributed by atoms with van der Waals surface area (Å²) in [7, 11) is 0. The van der Waals surface area contributed by atoms with Gasteiger partial charge in [0.15, 0.2) is 11.5 Å². The van der Waals surface area contributed by atoms with Crippen molar-refractivity contribution in [3.63, 3.8) is 0 Å². The van der Waals surface area contributed by atoms with E-state index in [1.807, 2.05) is 30.3 Å². The van der Waals surface area contributed by atoms with Gasteiger partial charge in [0.25, 0.3) is 0 Å². The Morgan fingerprint density at radius 1 is 1.09 bits per heavy atom. The minimum atomic E-state index is -0.382. The number of hydrogen-bond acceptors (Lipinski definition) is 4. The average molecular weight is 299 g/mol. The summed E-state index contributed by atoms with van der Waals surface area (Å²) in [6.45, 7) is 2.61. The van der Waals surface area contributed by atoms with Gasteiger partial charge >= 0.3 is 0 Å². The van der Waals surface area contributed by atoms with Crippen LogP contribution in [0, 0.1) is 0 Å². The Kier molecular flexibility index (Phi) is 4.61.